The topological polar surface area (TPSA) is 50.2 Å². The number of para-hydroxylation sites is 2. The minimum Gasteiger partial charge on any atom is -0.370 e. The highest BCUT2D eigenvalue weighted by atomic mass is 16.1. The second-order valence-electron chi connectivity index (χ2n) is 8.86. The minimum absolute atomic E-state index is 0.0373. The van der Waals surface area contributed by atoms with Crippen molar-refractivity contribution < 1.29 is 4.79 Å². The van der Waals surface area contributed by atoms with Crippen LogP contribution >= 0.6 is 0 Å². The van der Waals surface area contributed by atoms with Crippen LogP contribution in [0.25, 0.3) is 5.69 Å². The molecule has 31 heavy (non-hydrogen) atoms. The summed E-state index contributed by atoms with van der Waals surface area (Å²) in [5.41, 5.74) is 7.02. The SMILES string of the molecule is CC=C1C2CC3N1CCC3(c1ccccc1NC(C)=O)c1c2cnn1-c1ccccc1. The molecule has 1 aliphatic carbocycles. The standard InChI is InChI=1S/C26H26N4O/c1-3-23-19-15-24-26(13-14-29(23)24,21-11-7-8-12-22(21)28-17(2)31)25-20(19)16-27-30(25)18-9-5-4-6-10-18/h3-12,16,19,24H,13-15H2,1-2H3,(H,28,31). The molecule has 3 heterocycles. The van der Waals surface area contributed by atoms with Gasteiger partial charge < -0.3 is 10.2 Å². The molecule has 156 valence electrons. The quantitative estimate of drug-likeness (QED) is 0.687. The summed E-state index contributed by atoms with van der Waals surface area (Å²) >= 11 is 0. The first-order chi connectivity index (χ1) is 15.1. The fraction of sp³-hybridized carbons (Fsp3) is 0.308. The molecule has 3 unspecified atom stereocenters. The number of rotatable bonds is 3. The van der Waals surface area contributed by atoms with Gasteiger partial charge in [-0.3, -0.25) is 4.79 Å². The predicted molar refractivity (Wildman–Crippen MR) is 121 cm³/mol. The Morgan fingerprint density at radius 2 is 1.94 bits per heavy atom. The van der Waals surface area contributed by atoms with Gasteiger partial charge in [-0.05, 0) is 43.5 Å². The highest BCUT2D eigenvalue weighted by Gasteiger charge is 2.62. The van der Waals surface area contributed by atoms with Gasteiger partial charge in [-0.25, -0.2) is 4.68 Å². The molecule has 5 heteroatoms. The molecular formula is C26H26N4O. The van der Waals surface area contributed by atoms with Gasteiger partial charge in [-0.1, -0.05) is 42.5 Å². The van der Waals surface area contributed by atoms with Gasteiger partial charge in [0.1, 0.15) is 0 Å². The second-order valence-corrected chi connectivity index (χ2v) is 8.86. The van der Waals surface area contributed by atoms with E-state index in [2.05, 4.69) is 70.5 Å². The lowest BCUT2D eigenvalue weighted by atomic mass is 9.64. The summed E-state index contributed by atoms with van der Waals surface area (Å²) < 4.78 is 2.15. The number of fused-ring (bicyclic) bond motifs is 4. The molecule has 3 aromatic rings. The monoisotopic (exact) mass is 410 g/mol. The van der Waals surface area contributed by atoms with Gasteiger partial charge in [0.2, 0.25) is 5.91 Å². The Balaban J connectivity index is 1.67. The van der Waals surface area contributed by atoms with Gasteiger partial charge in [-0.2, -0.15) is 5.10 Å². The third-order valence-electron chi connectivity index (χ3n) is 7.45. The number of amides is 1. The molecule has 2 bridgehead atoms. The molecule has 2 aromatic carbocycles. The smallest absolute Gasteiger partial charge is 0.221 e. The molecular weight excluding hydrogens is 384 g/mol. The number of hydrogen-bond donors (Lipinski definition) is 1. The fourth-order valence-corrected chi connectivity index (χ4v) is 6.44. The molecule has 0 saturated carbocycles. The summed E-state index contributed by atoms with van der Waals surface area (Å²) in [6.07, 6.45) is 6.47. The van der Waals surface area contributed by atoms with Crippen molar-refractivity contribution in [2.45, 2.75) is 44.1 Å². The molecule has 2 aliphatic heterocycles. The van der Waals surface area contributed by atoms with E-state index < -0.39 is 0 Å². The third-order valence-corrected chi connectivity index (χ3v) is 7.45. The van der Waals surface area contributed by atoms with Crippen molar-refractivity contribution in [3.8, 4) is 5.69 Å². The Hall–Kier alpha value is -3.34. The highest BCUT2D eigenvalue weighted by molar-refractivity contribution is 5.90. The number of carbonyl (C=O) groups excluding carboxylic acids is 1. The van der Waals surface area contributed by atoms with Crippen molar-refractivity contribution in [3.05, 3.63) is 89.4 Å². The minimum atomic E-state index is -0.220. The van der Waals surface area contributed by atoms with E-state index in [9.17, 15) is 4.79 Å². The maximum Gasteiger partial charge on any atom is 0.221 e. The third kappa shape index (κ3) is 2.37. The van der Waals surface area contributed by atoms with E-state index in [1.807, 2.05) is 18.2 Å². The van der Waals surface area contributed by atoms with Crippen LogP contribution in [-0.2, 0) is 10.2 Å². The van der Waals surface area contributed by atoms with E-state index in [-0.39, 0.29) is 11.3 Å². The highest BCUT2D eigenvalue weighted by Crippen LogP contribution is 2.62. The summed E-state index contributed by atoms with van der Waals surface area (Å²) in [7, 11) is 0. The van der Waals surface area contributed by atoms with E-state index in [0.29, 0.717) is 12.0 Å². The lowest BCUT2D eigenvalue weighted by Crippen LogP contribution is -2.43. The molecule has 6 rings (SSSR count). The van der Waals surface area contributed by atoms with Crippen LogP contribution in [0.1, 0.15) is 49.4 Å². The average Bonchev–Trinajstić information content (AvgIpc) is 3.45. The Morgan fingerprint density at radius 3 is 2.71 bits per heavy atom. The van der Waals surface area contributed by atoms with Gasteiger partial charge in [0.15, 0.2) is 0 Å². The van der Waals surface area contributed by atoms with Gasteiger partial charge in [0.05, 0.1) is 23.0 Å². The fourth-order valence-electron chi connectivity index (χ4n) is 6.44. The molecule has 0 spiro atoms. The van der Waals surface area contributed by atoms with Gasteiger partial charge in [0, 0.05) is 42.4 Å². The van der Waals surface area contributed by atoms with Crippen LogP contribution in [0.3, 0.4) is 0 Å². The number of aromatic nitrogens is 2. The lowest BCUT2D eigenvalue weighted by molar-refractivity contribution is -0.114. The molecule has 1 N–H and O–H groups in total. The molecule has 1 aromatic heterocycles. The number of anilines is 1. The molecule has 1 amide bonds. The van der Waals surface area contributed by atoms with Gasteiger partial charge in [0.25, 0.3) is 0 Å². The van der Waals surface area contributed by atoms with Gasteiger partial charge in [-0.15, -0.1) is 0 Å². The van der Waals surface area contributed by atoms with Crippen molar-refractivity contribution in [2.75, 3.05) is 11.9 Å². The Bertz CT molecular complexity index is 1210. The van der Waals surface area contributed by atoms with E-state index >= 15 is 0 Å². The van der Waals surface area contributed by atoms with Crippen LogP contribution in [0.4, 0.5) is 5.69 Å². The lowest BCUT2D eigenvalue weighted by Gasteiger charge is -2.40. The van der Waals surface area contributed by atoms with E-state index in [4.69, 9.17) is 5.10 Å². The maximum absolute atomic E-state index is 12.0. The van der Waals surface area contributed by atoms with E-state index in [0.717, 1.165) is 30.8 Å². The van der Waals surface area contributed by atoms with Crippen molar-refractivity contribution in [1.29, 1.82) is 0 Å². The first-order valence-electron chi connectivity index (χ1n) is 11.1. The van der Waals surface area contributed by atoms with Crippen molar-refractivity contribution in [3.63, 3.8) is 0 Å². The Labute approximate surface area is 182 Å². The Morgan fingerprint density at radius 1 is 1.16 bits per heavy atom. The van der Waals surface area contributed by atoms with Crippen LogP contribution < -0.4 is 5.32 Å². The molecule has 2 saturated heterocycles. The largest absolute Gasteiger partial charge is 0.370 e. The first kappa shape index (κ1) is 18.4. The number of nitrogens with one attached hydrogen (secondary N) is 1. The molecule has 5 nitrogen and oxygen atoms in total. The average molecular weight is 411 g/mol. The molecule has 3 atom stereocenters. The van der Waals surface area contributed by atoms with Crippen molar-refractivity contribution >= 4 is 11.6 Å². The molecule has 0 radical (unpaired) electrons. The van der Waals surface area contributed by atoms with Crippen LogP contribution in [0.5, 0.6) is 0 Å². The summed E-state index contributed by atoms with van der Waals surface area (Å²) in [6.45, 7) is 4.76. The zero-order chi connectivity index (χ0) is 21.2. The maximum atomic E-state index is 12.0. The summed E-state index contributed by atoms with van der Waals surface area (Å²) in [6, 6.07) is 19.1. The molecule has 3 aliphatic rings. The normalized spacial score (nSPS) is 26.9. The predicted octanol–water partition coefficient (Wildman–Crippen LogP) is 4.60. The Kier molecular flexibility index (Phi) is 3.91. The number of carbonyl (C=O) groups is 1. The van der Waals surface area contributed by atoms with E-state index in [1.54, 1.807) is 6.92 Å². The van der Waals surface area contributed by atoms with E-state index in [1.165, 1.54) is 22.5 Å². The van der Waals surface area contributed by atoms with Crippen molar-refractivity contribution in [2.24, 2.45) is 0 Å². The zero-order valence-electron chi connectivity index (χ0n) is 17.9. The van der Waals surface area contributed by atoms with Crippen LogP contribution in [0.15, 0.2) is 72.6 Å². The summed E-state index contributed by atoms with van der Waals surface area (Å²) in [5.74, 6) is 0.355. The van der Waals surface area contributed by atoms with Gasteiger partial charge >= 0.3 is 0 Å². The van der Waals surface area contributed by atoms with Crippen LogP contribution in [0.2, 0.25) is 0 Å². The second kappa shape index (κ2) is 6.58. The molecule has 2 fully saturated rings. The number of benzene rings is 2. The first-order valence-corrected chi connectivity index (χ1v) is 11.1. The number of allylic oxidation sites excluding steroid dienone is 2. The summed E-state index contributed by atoms with van der Waals surface area (Å²) in [5, 5.41) is 8.03. The van der Waals surface area contributed by atoms with Crippen LogP contribution in [0, 0.1) is 0 Å². The number of hydrogen-bond acceptors (Lipinski definition) is 3. The van der Waals surface area contributed by atoms with Crippen molar-refractivity contribution in [1.82, 2.24) is 14.7 Å². The zero-order valence-corrected chi connectivity index (χ0v) is 17.9. The number of nitrogens with zero attached hydrogens (tertiary/aromatic N) is 3. The summed E-state index contributed by atoms with van der Waals surface area (Å²) in [4.78, 5) is 14.7. The van der Waals surface area contributed by atoms with Crippen LogP contribution in [-0.4, -0.2) is 33.2 Å².